The highest BCUT2D eigenvalue weighted by molar-refractivity contribution is 4.62. The Morgan fingerprint density at radius 2 is 0.341 bits per heavy atom. The smallest absolute Gasteiger partial charge is 0.0414 e. The number of unbranched alkanes of at least 4 members (excludes halogenated alkanes) is 31. The Balaban J connectivity index is 3.53. The first-order valence-electron chi connectivity index (χ1n) is 20.3. The second-order valence-electron chi connectivity index (χ2n) is 14.2. The number of hydrogen-bond donors (Lipinski definition) is 0. The summed E-state index contributed by atoms with van der Waals surface area (Å²) in [5.74, 6) is 1.04. The zero-order valence-corrected chi connectivity index (χ0v) is 29.7. The minimum Gasteiger partial charge on any atom is -0.0654 e. The zero-order valence-electron chi connectivity index (χ0n) is 29.7. The highest BCUT2D eigenvalue weighted by atomic mass is 14.1. The highest BCUT2D eigenvalue weighted by Gasteiger charge is 2.08. The van der Waals surface area contributed by atoms with Crippen LogP contribution in [0, 0.1) is 5.92 Å². The van der Waals surface area contributed by atoms with Crippen molar-refractivity contribution >= 4 is 0 Å². The van der Waals surface area contributed by atoms with E-state index in [1.165, 1.54) is 238 Å². The summed E-state index contributed by atoms with van der Waals surface area (Å²) < 4.78 is 0. The predicted molar refractivity (Wildman–Crippen MR) is 191 cm³/mol. The Morgan fingerprint density at radius 3 is 0.561 bits per heavy atom. The first-order chi connectivity index (χ1) is 20.3. The third-order valence-electron chi connectivity index (χ3n) is 9.90. The summed E-state index contributed by atoms with van der Waals surface area (Å²) in [4.78, 5) is 0. The highest BCUT2D eigenvalue weighted by Crippen LogP contribution is 2.25. The Labute approximate surface area is 263 Å². The summed E-state index contributed by atoms with van der Waals surface area (Å²) in [6.07, 6.45) is 54.8. The lowest BCUT2D eigenvalue weighted by molar-refractivity contribution is 0.367. The molecule has 0 N–H and O–H groups in total. The van der Waals surface area contributed by atoms with Crippen molar-refractivity contribution in [3.63, 3.8) is 0 Å². The molecule has 0 fully saturated rings. The minimum absolute atomic E-state index is 1.04. The standard InChI is InChI=1S/C41H84/c1-4-7-10-12-14-16-18-20-22-24-26-28-30-32-34-37-40-41(38-35-9-6-3)39-36-33-31-29-27-25-23-21-19-17-15-13-11-8-5-2/h41H,4-40H2,1-3H3. The van der Waals surface area contributed by atoms with Gasteiger partial charge in [-0.2, -0.15) is 0 Å². The van der Waals surface area contributed by atoms with Crippen LogP contribution in [0.1, 0.15) is 258 Å². The second kappa shape index (κ2) is 38.0. The van der Waals surface area contributed by atoms with E-state index >= 15 is 0 Å². The molecule has 0 nitrogen and oxygen atoms in total. The molecule has 0 aromatic carbocycles. The molecule has 0 aromatic rings. The van der Waals surface area contributed by atoms with Crippen LogP contribution in [0.25, 0.3) is 0 Å². The fourth-order valence-corrected chi connectivity index (χ4v) is 6.90. The van der Waals surface area contributed by atoms with Crippen molar-refractivity contribution in [3.05, 3.63) is 0 Å². The maximum absolute atomic E-state index is 2.36. The largest absolute Gasteiger partial charge is 0.0654 e. The van der Waals surface area contributed by atoms with Crippen LogP contribution in [-0.4, -0.2) is 0 Å². The molecule has 0 aliphatic rings. The number of hydrogen-bond acceptors (Lipinski definition) is 0. The van der Waals surface area contributed by atoms with Crippen LogP contribution in [0.3, 0.4) is 0 Å². The first-order valence-corrected chi connectivity index (χ1v) is 20.3. The normalized spacial score (nSPS) is 12.4. The minimum atomic E-state index is 1.04. The van der Waals surface area contributed by atoms with Crippen LogP contribution < -0.4 is 0 Å². The molecular weight excluding hydrogens is 492 g/mol. The molecule has 0 saturated carbocycles. The average molecular weight is 577 g/mol. The van der Waals surface area contributed by atoms with E-state index in [9.17, 15) is 0 Å². The molecule has 0 amide bonds. The van der Waals surface area contributed by atoms with E-state index in [2.05, 4.69) is 20.8 Å². The van der Waals surface area contributed by atoms with Crippen molar-refractivity contribution in [2.24, 2.45) is 5.92 Å². The van der Waals surface area contributed by atoms with Gasteiger partial charge in [-0.05, 0) is 5.92 Å². The summed E-state index contributed by atoms with van der Waals surface area (Å²) in [7, 11) is 0. The Hall–Kier alpha value is 0. The van der Waals surface area contributed by atoms with Crippen molar-refractivity contribution in [2.45, 2.75) is 258 Å². The van der Waals surface area contributed by atoms with Crippen molar-refractivity contribution in [2.75, 3.05) is 0 Å². The van der Waals surface area contributed by atoms with E-state index in [0.29, 0.717) is 0 Å². The van der Waals surface area contributed by atoms with Crippen LogP contribution in [-0.2, 0) is 0 Å². The topological polar surface area (TPSA) is 0 Å². The van der Waals surface area contributed by atoms with Gasteiger partial charge in [0.2, 0.25) is 0 Å². The average Bonchev–Trinajstić information content (AvgIpc) is 2.98. The Bertz CT molecular complexity index is 426. The van der Waals surface area contributed by atoms with Gasteiger partial charge >= 0.3 is 0 Å². The van der Waals surface area contributed by atoms with Gasteiger partial charge in [-0.15, -0.1) is 0 Å². The molecule has 0 rings (SSSR count). The molecule has 0 bridgehead atoms. The molecule has 0 aromatic heterocycles. The van der Waals surface area contributed by atoms with Gasteiger partial charge in [0, 0.05) is 0 Å². The monoisotopic (exact) mass is 577 g/mol. The predicted octanol–water partition coefficient (Wildman–Crippen LogP) is 16.1. The third-order valence-corrected chi connectivity index (χ3v) is 9.90. The van der Waals surface area contributed by atoms with Crippen LogP contribution in [0.15, 0.2) is 0 Å². The summed E-state index contributed by atoms with van der Waals surface area (Å²) >= 11 is 0. The Kier molecular flexibility index (Phi) is 38.0. The molecule has 41 heavy (non-hydrogen) atoms. The van der Waals surface area contributed by atoms with Crippen LogP contribution in [0.4, 0.5) is 0 Å². The van der Waals surface area contributed by atoms with Crippen molar-refractivity contribution < 1.29 is 0 Å². The van der Waals surface area contributed by atoms with Gasteiger partial charge in [-0.3, -0.25) is 0 Å². The molecule has 1 atom stereocenters. The molecule has 0 heterocycles. The van der Waals surface area contributed by atoms with E-state index in [4.69, 9.17) is 0 Å². The van der Waals surface area contributed by atoms with Crippen LogP contribution in [0.2, 0.25) is 0 Å². The van der Waals surface area contributed by atoms with Crippen molar-refractivity contribution in [1.82, 2.24) is 0 Å². The number of rotatable bonds is 37. The summed E-state index contributed by atoms with van der Waals surface area (Å²) in [5.41, 5.74) is 0. The third kappa shape index (κ3) is 36.1. The lowest BCUT2D eigenvalue weighted by atomic mass is 9.89. The first kappa shape index (κ1) is 41.0. The van der Waals surface area contributed by atoms with E-state index in [1.54, 1.807) is 0 Å². The fraction of sp³-hybridized carbons (Fsp3) is 1.00. The lowest BCUT2D eigenvalue weighted by Gasteiger charge is -2.17. The molecule has 248 valence electrons. The maximum Gasteiger partial charge on any atom is -0.0414 e. The van der Waals surface area contributed by atoms with Gasteiger partial charge in [-0.25, -0.2) is 0 Å². The molecule has 0 saturated heterocycles. The molecule has 0 spiro atoms. The van der Waals surface area contributed by atoms with E-state index in [0.717, 1.165) is 5.92 Å². The van der Waals surface area contributed by atoms with E-state index in [-0.39, 0.29) is 0 Å². The zero-order chi connectivity index (χ0) is 29.7. The second-order valence-corrected chi connectivity index (χ2v) is 14.2. The van der Waals surface area contributed by atoms with Gasteiger partial charge in [0.05, 0.1) is 0 Å². The molecular formula is C41H84. The lowest BCUT2D eigenvalue weighted by Crippen LogP contribution is -2.01. The maximum atomic E-state index is 2.36. The van der Waals surface area contributed by atoms with Gasteiger partial charge in [0.25, 0.3) is 0 Å². The van der Waals surface area contributed by atoms with Crippen LogP contribution >= 0.6 is 0 Å². The van der Waals surface area contributed by atoms with Gasteiger partial charge in [0.1, 0.15) is 0 Å². The van der Waals surface area contributed by atoms with Gasteiger partial charge in [-0.1, -0.05) is 258 Å². The fourth-order valence-electron chi connectivity index (χ4n) is 6.90. The quantitative estimate of drug-likeness (QED) is 0.0645. The molecule has 0 aliphatic carbocycles. The van der Waals surface area contributed by atoms with Gasteiger partial charge in [0.15, 0.2) is 0 Å². The van der Waals surface area contributed by atoms with Crippen molar-refractivity contribution in [3.8, 4) is 0 Å². The summed E-state index contributed by atoms with van der Waals surface area (Å²) in [6.45, 7) is 6.99. The molecule has 0 aliphatic heterocycles. The molecule has 1 unspecified atom stereocenters. The van der Waals surface area contributed by atoms with E-state index in [1.807, 2.05) is 0 Å². The van der Waals surface area contributed by atoms with E-state index < -0.39 is 0 Å². The molecule has 0 radical (unpaired) electrons. The van der Waals surface area contributed by atoms with Crippen LogP contribution in [0.5, 0.6) is 0 Å². The molecule has 0 heteroatoms. The summed E-state index contributed by atoms with van der Waals surface area (Å²) in [5, 5.41) is 0. The summed E-state index contributed by atoms with van der Waals surface area (Å²) in [6, 6.07) is 0. The van der Waals surface area contributed by atoms with Crippen molar-refractivity contribution in [1.29, 1.82) is 0 Å². The SMILES string of the molecule is CCCCCCCCCCCCCCCCCCC(CCCCC)CCCCCCCCCCCCCCCCC. The Morgan fingerprint density at radius 1 is 0.195 bits per heavy atom. The van der Waals surface area contributed by atoms with Gasteiger partial charge < -0.3 is 0 Å².